The van der Waals surface area contributed by atoms with Crippen LogP contribution in [0.4, 0.5) is 4.79 Å². The number of cyclic esters (lactones) is 1. The van der Waals surface area contributed by atoms with E-state index in [0.717, 1.165) is 19.3 Å². The van der Waals surface area contributed by atoms with Crippen LogP contribution in [0, 0.1) is 12.0 Å². The van der Waals surface area contributed by atoms with Crippen molar-refractivity contribution in [1.82, 2.24) is 4.90 Å². The first kappa shape index (κ1) is 15.4. The van der Waals surface area contributed by atoms with E-state index in [1.165, 1.54) is 24.8 Å². The summed E-state index contributed by atoms with van der Waals surface area (Å²) < 4.78 is 5.13. The lowest BCUT2D eigenvalue weighted by atomic mass is 10.1. The van der Waals surface area contributed by atoms with E-state index in [9.17, 15) is 4.79 Å². The first-order valence-electron chi connectivity index (χ1n) is 7.79. The van der Waals surface area contributed by atoms with Gasteiger partial charge < -0.3 is 4.74 Å². The number of hydrogen-bond donors (Lipinski definition) is 0. The first-order chi connectivity index (χ1) is 10.3. The molecule has 1 saturated heterocycles. The molecule has 1 aromatic rings. The van der Waals surface area contributed by atoms with Gasteiger partial charge in [0.2, 0.25) is 0 Å². The molecule has 0 aliphatic carbocycles. The molecule has 1 fully saturated rings. The highest BCUT2D eigenvalue weighted by molar-refractivity contribution is 5.72. The minimum absolute atomic E-state index is 0.0306. The quantitative estimate of drug-likeness (QED) is 0.584. The Morgan fingerprint density at radius 1 is 1.24 bits per heavy atom. The molecule has 0 N–H and O–H groups in total. The lowest BCUT2D eigenvalue weighted by Crippen LogP contribution is -2.30. The maximum absolute atomic E-state index is 11.7. The van der Waals surface area contributed by atoms with E-state index in [0.29, 0.717) is 6.61 Å². The Bertz CT molecular complexity index is 501. The second-order valence-electron chi connectivity index (χ2n) is 5.39. The van der Waals surface area contributed by atoms with Gasteiger partial charge in [-0.15, -0.1) is 0 Å². The molecular formula is C18H23NO2. The average Bonchev–Trinajstić information content (AvgIpc) is 2.84. The fourth-order valence-corrected chi connectivity index (χ4v) is 2.42. The van der Waals surface area contributed by atoms with Gasteiger partial charge in [-0.1, -0.05) is 62.4 Å². The SMILES string of the molecule is CCCCCCC#CN1C(=O)OC[C@H]1Cc1ccccc1. The molecule has 0 spiro atoms. The van der Waals surface area contributed by atoms with Crippen LogP contribution >= 0.6 is 0 Å². The smallest absolute Gasteiger partial charge is 0.422 e. The number of carbonyl (C=O) groups is 1. The van der Waals surface area contributed by atoms with Crippen LogP contribution in [-0.4, -0.2) is 23.6 Å². The zero-order valence-electron chi connectivity index (χ0n) is 12.7. The molecule has 3 nitrogen and oxygen atoms in total. The van der Waals surface area contributed by atoms with Gasteiger partial charge in [-0.05, 0) is 18.4 Å². The van der Waals surface area contributed by atoms with Gasteiger partial charge in [0.25, 0.3) is 0 Å². The molecule has 1 amide bonds. The maximum Gasteiger partial charge on any atom is 0.422 e. The molecule has 1 aliphatic rings. The molecule has 1 aromatic carbocycles. The Morgan fingerprint density at radius 3 is 2.81 bits per heavy atom. The van der Waals surface area contributed by atoms with Crippen LogP contribution in [0.15, 0.2) is 30.3 Å². The van der Waals surface area contributed by atoms with Crippen molar-refractivity contribution in [3.05, 3.63) is 35.9 Å². The van der Waals surface area contributed by atoms with Crippen molar-refractivity contribution in [2.75, 3.05) is 6.61 Å². The Hall–Kier alpha value is -1.95. The Balaban J connectivity index is 1.87. The summed E-state index contributed by atoms with van der Waals surface area (Å²) in [6.45, 7) is 2.62. The second kappa shape index (κ2) is 8.36. The van der Waals surface area contributed by atoms with Crippen molar-refractivity contribution in [3.63, 3.8) is 0 Å². The molecule has 0 saturated carbocycles. The summed E-state index contributed by atoms with van der Waals surface area (Å²) in [5.74, 6) is 3.11. The van der Waals surface area contributed by atoms with E-state index in [-0.39, 0.29) is 12.1 Å². The molecule has 0 radical (unpaired) electrons. The van der Waals surface area contributed by atoms with Crippen LogP contribution in [0.3, 0.4) is 0 Å². The van der Waals surface area contributed by atoms with Gasteiger partial charge in [0, 0.05) is 12.5 Å². The average molecular weight is 285 g/mol. The predicted molar refractivity (Wildman–Crippen MR) is 83.7 cm³/mol. The van der Waals surface area contributed by atoms with Crippen LogP contribution < -0.4 is 0 Å². The van der Waals surface area contributed by atoms with Crippen molar-refractivity contribution in [2.24, 2.45) is 0 Å². The normalized spacial score (nSPS) is 17.3. The van der Waals surface area contributed by atoms with E-state index in [1.807, 2.05) is 18.2 Å². The van der Waals surface area contributed by atoms with Crippen LogP contribution in [0.1, 0.15) is 44.6 Å². The minimum Gasteiger partial charge on any atom is -0.446 e. The molecule has 1 atom stereocenters. The molecule has 1 aliphatic heterocycles. The van der Waals surface area contributed by atoms with E-state index in [1.54, 1.807) is 4.90 Å². The number of benzene rings is 1. The van der Waals surface area contributed by atoms with Crippen molar-refractivity contribution >= 4 is 6.09 Å². The minimum atomic E-state index is -0.308. The molecule has 2 rings (SSSR count). The van der Waals surface area contributed by atoms with Gasteiger partial charge >= 0.3 is 6.09 Å². The number of nitrogens with zero attached hydrogens (tertiary/aromatic N) is 1. The lowest BCUT2D eigenvalue weighted by molar-refractivity contribution is 0.167. The zero-order valence-corrected chi connectivity index (χ0v) is 12.7. The number of hydrogen-bond acceptors (Lipinski definition) is 2. The first-order valence-corrected chi connectivity index (χ1v) is 7.79. The molecule has 3 heteroatoms. The highest BCUT2D eigenvalue weighted by atomic mass is 16.6. The monoisotopic (exact) mass is 285 g/mol. The number of unbranched alkanes of at least 4 members (excludes halogenated alkanes) is 4. The van der Waals surface area contributed by atoms with E-state index in [4.69, 9.17) is 4.74 Å². The summed E-state index contributed by atoms with van der Waals surface area (Å²) >= 11 is 0. The molecule has 112 valence electrons. The van der Waals surface area contributed by atoms with Crippen LogP contribution in [0.2, 0.25) is 0 Å². The third-order valence-corrected chi connectivity index (χ3v) is 3.63. The largest absolute Gasteiger partial charge is 0.446 e. The molecule has 0 aromatic heterocycles. The van der Waals surface area contributed by atoms with Gasteiger partial charge in [-0.2, -0.15) is 0 Å². The van der Waals surface area contributed by atoms with E-state index < -0.39 is 0 Å². The summed E-state index contributed by atoms with van der Waals surface area (Å²) in [4.78, 5) is 13.3. The van der Waals surface area contributed by atoms with E-state index in [2.05, 4.69) is 31.0 Å². The standard InChI is InChI=1S/C18H23NO2/c1-2-3-4-5-6-10-13-19-17(15-21-18(19)20)14-16-11-8-7-9-12-16/h7-9,11-12,17H,2-6,14-15H2,1H3/t17-/m1/s1. The number of ether oxygens (including phenoxy) is 1. The summed E-state index contributed by atoms with van der Waals surface area (Å²) in [6, 6.07) is 13.2. The molecule has 0 unspecified atom stereocenters. The van der Waals surface area contributed by atoms with Crippen molar-refractivity contribution in [2.45, 2.75) is 51.5 Å². The lowest BCUT2D eigenvalue weighted by Gasteiger charge is -2.14. The third-order valence-electron chi connectivity index (χ3n) is 3.63. The van der Waals surface area contributed by atoms with Gasteiger partial charge in [0.05, 0.1) is 6.04 Å². The number of carbonyl (C=O) groups excluding carboxylic acids is 1. The van der Waals surface area contributed by atoms with Crippen LogP contribution in [-0.2, 0) is 11.2 Å². The Morgan fingerprint density at radius 2 is 2.05 bits per heavy atom. The van der Waals surface area contributed by atoms with E-state index >= 15 is 0 Å². The summed E-state index contributed by atoms with van der Waals surface area (Å²) in [7, 11) is 0. The predicted octanol–water partition coefficient (Wildman–Crippen LogP) is 3.98. The molecule has 1 heterocycles. The fourth-order valence-electron chi connectivity index (χ4n) is 2.42. The Kier molecular flexibility index (Phi) is 6.15. The fraction of sp³-hybridized carbons (Fsp3) is 0.500. The number of amides is 1. The third kappa shape index (κ3) is 4.82. The molecular weight excluding hydrogens is 262 g/mol. The van der Waals surface area contributed by atoms with Crippen molar-refractivity contribution in [3.8, 4) is 12.0 Å². The summed E-state index contributed by atoms with van der Waals surface area (Å²) in [5, 5.41) is 0. The van der Waals surface area contributed by atoms with Gasteiger partial charge in [-0.3, -0.25) is 0 Å². The number of rotatable bonds is 6. The summed E-state index contributed by atoms with van der Waals surface area (Å²) in [5.41, 5.74) is 1.20. The highest BCUT2D eigenvalue weighted by Gasteiger charge is 2.31. The van der Waals surface area contributed by atoms with Crippen LogP contribution in [0.5, 0.6) is 0 Å². The maximum atomic E-state index is 11.7. The van der Waals surface area contributed by atoms with Gasteiger partial charge in [-0.25, -0.2) is 9.69 Å². The van der Waals surface area contributed by atoms with Crippen molar-refractivity contribution in [1.29, 1.82) is 0 Å². The van der Waals surface area contributed by atoms with Gasteiger partial charge in [0.1, 0.15) is 6.61 Å². The second-order valence-corrected chi connectivity index (χ2v) is 5.39. The van der Waals surface area contributed by atoms with Crippen LogP contribution in [0.25, 0.3) is 0 Å². The zero-order chi connectivity index (χ0) is 14.9. The molecule has 21 heavy (non-hydrogen) atoms. The Labute approximate surface area is 127 Å². The highest BCUT2D eigenvalue weighted by Crippen LogP contribution is 2.16. The van der Waals surface area contributed by atoms with Crippen molar-refractivity contribution < 1.29 is 9.53 Å². The molecule has 0 bridgehead atoms. The topological polar surface area (TPSA) is 29.5 Å². The van der Waals surface area contributed by atoms with Gasteiger partial charge in [0.15, 0.2) is 0 Å². The summed E-state index contributed by atoms with van der Waals surface area (Å²) in [6.07, 6.45) is 6.13.